The van der Waals surface area contributed by atoms with Gasteiger partial charge >= 0.3 is 6.18 Å². The van der Waals surface area contributed by atoms with Crippen LogP contribution in [0.1, 0.15) is 27.2 Å². The number of nitrogens with two attached hydrogens (primary N) is 1. The van der Waals surface area contributed by atoms with E-state index in [-0.39, 0.29) is 53.2 Å². The number of furan rings is 1. The molecule has 218 valence electrons. The lowest BCUT2D eigenvalue weighted by atomic mass is 10.0. The summed E-state index contributed by atoms with van der Waals surface area (Å²) in [5.41, 5.74) is 5.28. The van der Waals surface area contributed by atoms with Gasteiger partial charge in [-0.15, -0.1) is 0 Å². The van der Waals surface area contributed by atoms with Crippen molar-refractivity contribution >= 4 is 34.7 Å². The molecule has 1 aliphatic rings. The highest BCUT2D eigenvalue weighted by Gasteiger charge is 2.37. The molecule has 9 nitrogen and oxygen atoms in total. The smallest absolute Gasteiger partial charge is 0.420 e. The third kappa shape index (κ3) is 6.25. The highest BCUT2D eigenvalue weighted by Crippen LogP contribution is 2.39. The summed E-state index contributed by atoms with van der Waals surface area (Å²) in [5, 5.41) is 2.73. The number of alkyl halides is 4. The van der Waals surface area contributed by atoms with E-state index in [4.69, 9.17) is 14.9 Å². The molecule has 0 bridgehead atoms. The number of benzene rings is 1. The molecule has 2 amide bonds. The maximum absolute atomic E-state index is 14.0. The SMILES string of the molecule is COC1CN(C(=O)c2ccc(-c3cc(C(F)(F)F)c4oc(CNC(=O)/C=C/c5ccc(N)nc5)cc4c3)nc2)CC1F. The normalized spacial score (nSPS) is 17.3. The third-order valence-electron chi connectivity index (χ3n) is 6.74. The first-order valence-electron chi connectivity index (χ1n) is 12.8. The largest absolute Gasteiger partial charge is 0.459 e. The molecular weight excluding hydrogens is 558 g/mol. The van der Waals surface area contributed by atoms with Crippen LogP contribution >= 0.6 is 0 Å². The van der Waals surface area contributed by atoms with Gasteiger partial charge in [0.15, 0.2) is 0 Å². The fourth-order valence-electron chi connectivity index (χ4n) is 4.57. The number of ether oxygens (including phenoxy) is 1. The number of aromatic nitrogens is 2. The third-order valence-corrected chi connectivity index (χ3v) is 6.74. The molecular formula is C29H25F4N5O4. The Balaban J connectivity index is 1.34. The summed E-state index contributed by atoms with van der Waals surface area (Å²) >= 11 is 0. The number of methoxy groups -OCH3 is 1. The van der Waals surface area contributed by atoms with Gasteiger partial charge in [0.2, 0.25) is 5.91 Å². The summed E-state index contributed by atoms with van der Waals surface area (Å²) in [6.07, 6.45) is -1.27. The van der Waals surface area contributed by atoms with Gasteiger partial charge in [-0.3, -0.25) is 14.6 Å². The summed E-state index contributed by atoms with van der Waals surface area (Å²) in [7, 11) is 1.37. The predicted octanol–water partition coefficient (Wildman–Crippen LogP) is 4.63. The van der Waals surface area contributed by atoms with Crippen LogP contribution in [0.3, 0.4) is 0 Å². The topological polar surface area (TPSA) is 124 Å². The molecule has 1 saturated heterocycles. The fraction of sp³-hybridized carbons (Fsp3) is 0.241. The van der Waals surface area contributed by atoms with Crippen LogP contribution in [0.4, 0.5) is 23.4 Å². The number of nitrogens with one attached hydrogen (secondary N) is 1. The van der Waals surface area contributed by atoms with Gasteiger partial charge in [0, 0.05) is 36.5 Å². The fourth-order valence-corrected chi connectivity index (χ4v) is 4.57. The van der Waals surface area contributed by atoms with Crippen LogP contribution in [-0.2, 0) is 22.3 Å². The molecule has 2 unspecified atom stereocenters. The van der Waals surface area contributed by atoms with Crippen molar-refractivity contribution in [2.45, 2.75) is 25.0 Å². The second-order valence-electron chi connectivity index (χ2n) is 9.65. The van der Waals surface area contributed by atoms with Crippen molar-refractivity contribution < 1.29 is 36.3 Å². The molecule has 1 aliphatic heterocycles. The molecule has 4 aromatic rings. The van der Waals surface area contributed by atoms with Crippen molar-refractivity contribution in [2.75, 3.05) is 25.9 Å². The molecule has 5 rings (SSSR count). The first-order valence-corrected chi connectivity index (χ1v) is 12.8. The van der Waals surface area contributed by atoms with Gasteiger partial charge in [0.05, 0.1) is 36.5 Å². The van der Waals surface area contributed by atoms with Crippen molar-refractivity contribution in [3.63, 3.8) is 0 Å². The first kappa shape index (κ1) is 28.7. The van der Waals surface area contributed by atoms with E-state index in [1.54, 1.807) is 12.1 Å². The number of halogens is 4. The molecule has 1 fully saturated rings. The summed E-state index contributed by atoms with van der Waals surface area (Å²) in [4.78, 5) is 34.4. The van der Waals surface area contributed by atoms with Crippen molar-refractivity contribution in [3.05, 3.63) is 83.4 Å². The zero-order valence-electron chi connectivity index (χ0n) is 22.2. The predicted molar refractivity (Wildman–Crippen MR) is 146 cm³/mol. The molecule has 3 aromatic heterocycles. The molecule has 3 N–H and O–H groups in total. The van der Waals surface area contributed by atoms with E-state index in [1.165, 1.54) is 60.8 Å². The van der Waals surface area contributed by atoms with Crippen LogP contribution in [0.25, 0.3) is 28.3 Å². The molecule has 1 aromatic carbocycles. The number of anilines is 1. The number of nitrogens with zero attached hydrogens (tertiary/aromatic N) is 3. The average Bonchev–Trinajstić information content (AvgIpc) is 3.57. The van der Waals surface area contributed by atoms with E-state index < -0.39 is 35.8 Å². The van der Waals surface area contributed by atoms with Crippen molar-refractivity contribution in [3.8, 4) is 11.3 Å². The Kier molecular flexibility index (Phi) is 7.94. The van der Waals surface area contributed by atoms with E-state index in [0.717, 1.165) is 6.07 Å². The van der Waals surface area contributed by atoms with Crippen LogP contribution in [0.15, 0.2) is 65.4 Å². The Bertz CT molecular complexity index is 1640. The van der Waals surface area contributed by atoms with Gasteiger partial charge in [0.1, 0.15) is 29.4 Å². The Labute approximate surface area is 237 Å². The molecule has 0 radical (unpaired) electrons. The number of hydrogen-bond donors (Lipinski definition) is 2. The van der Waals surface area contributed by atoms with Gasteiger partial charge in [0.25, 0.3) is 5.91 Å². The zero-order chi connectivity index (χ0) is 30.0. The number of fused-ring (bicyclic) bond motifs is 1. The molecule has 42 heavy (non-hydrogen) atoms. The molecule has 0 spiro atoms. The van der Waals surface area contributed by atoms with Crippen molar-refractivity contribution in [1.82, 2.24) is 20.2 Å². The van der Waals surface area contributed by atoms with Gasteiger partial charge < -0.3 is 25.1 Å². The summed E-state index contributed by atoms with van der Waals surface area (Å²) in [6.45, 7) is -0.187. The second-order valence-corrected chi connectivity index (χ2v) is 9.65. The molecule has 4 heterocycles. The van der Waals surface area contributed by atoms with Crippen molar-refractivity contribution in [1.29, 1.82) is 0 Å². The van der Waals surface area contributed by atoms with Gasteiger partial charge in [-0.25, -0.2) is 9.37 Å². The van der Waals surface area contributed by atoms with Crippen LogP contribution in [-0.4, -0.2) is 59.2 Å². The highest BCUT2D eigenvalue weighted by atomic mass is 19.4. The minimum Gasteiger partial charge on any atom is -0.459 e. The quantitative estimate of drug-likeness (QED) is 0.240. The Hall–Kier alpha value is -4.78. The Morgan fingerprint density at radius 1 is 1.14 bits per heavy atom. The monoisotopic (exact) mass is 583 g/mol. The summed E-state index contributed by atoms with van der Waals surface area (Å²) < 4.78 is 66.5. The number of amides is 2. The van der Waals surface area contributed by atoms with Crippen LogP contribution in [0.2, 0.25) is 0 Å². The van der Waals surface area contributed by atoms with E-state index in [0.29, 0.717) is 11.4 Å². The summed E-state index contributed by atoms with van der Waals surface area (Å²) in [6, 6.07) is 9.91. The number of likely N-dealkylation sites (tertiary alicyclic amines) is 1. The van der Waals surface area contributed by atoms with Gasteiger partial charge in [-0.2, -0.15) is 13.2 Å². The van der Waals surface area contributed by atoms with Crippen molar-refractivity contribution in [2.24, 2.45) is 0 Å². The lowest BCUT2D eigenvalue weighted by Gasteiger charge is -2.15. The number of nitrogen functional groups attached to an aromatic ring is 1. The number of rotatable bonds is 7. The number of carbonyl (C=O) groups is 2. The van der Waals surface area contributed by atoms with Gasteiger partial charge in [-0.05, 0) is 54.1 Å². The van der Waals surface area contributed by atoms with E-state index in [9.17, 15) is 27.2 Å². The maximum Gasteiger partial charge on any atom is 0.420 e. The average molecular weight is 584 g/mol. The standard InChI is InChI=1S/C29H25F4N5O4/c1-41-24-15-38(14-22(24)30)28(40)17-4-5-23(35-12-17)18-8-19-9-20(42-27(19)21(10-18)29(31,32)33)13-37-26(39)7-3-16-2-6-25(34)36-11-16/h2-12,22,24H,13-15H2,1H3,(H2,34,36)(H,37,39)/b7-3+. The van der Waals surface area contributed by atoms with E-state index in [2.05, 4.69) is 15.3 Å². The first-order chi connectivity index (χ1) is 20.0. The van der Waals surface area contributed by atoms with Crippen LogP contribution in [0.5, 0.6) is 0 Å². The maximum atomic E-state index is 14.0. The Morgan fingerprint density at radius 2 is 1.95 bits per heavy atom. The number of pyridine rings is 2. The number of hydrogen-bond acceptors (Lipinski definition) is 7. The number of carbonyl (C=O) groups excluding carboxylic acids is 2. The van der Waals surface area contributed by atoms with E-state index in [1.807, 2.05) is 0 Å². The minimum atomic E-state index is -4.74. The second kappa shape index (κ2) is 11.6. The lowest BCUT2D eigenvalue weighted by molar-refractivity contribution is -0.136. The Morgan fingerprint density at radius 3 is 2.60 bits per heavy atom. The molecule has 0 saturated carbocycles. The van der Waals surface area contributed by atoms with E-state index >= 15 is 0 Å². The highest BCUT2D eigenvalue weighted by molar-refractivity contribution is 5.95. The van der Waals surface area contributed by atoms with Crippen LogP contribution in [0, 0.1) is 0 Å². The molecule has 0 aliphatic carbocycles. The summed E-state index contributed by atoms with van der Waals surface area (Å²) in [5.74, 6) is -0.494. The van der Waals surface area contributed by atoms with Gasteiger partial charge in [-0.1, -0.05) is 0 Å². The molecule has 2 atom stereocenters. The lowest BCUT2D eigenvalue weighted by Crippen LogP contribution is -2.30. The zero-order valence-corrected chi connectivity index (χ0v) is 22.2. The molecule has 13 heteroatoms. The van der Waals surface area contributed by atoms with Crippen LogP contribution < -0.4 is 11.1 Å². The minimum absolute atomic E-state index is 0.0868.